The van der Waals surface area contributed by atoms with E-state index in [1.165, 1.54) is 16.0 Å². The predicted octanol–water partition coefficient (Wildman–Crippen LogP) is 3.68. The molecule has 0 atom stereocenters. The summed E-state index contributed by atoms with van der Waals surface area (Å²) in [6.45, 7) is 7.12. The highest BCUT2D eigenvalue weighted by Gasteiger charge is 2.04. The third kappa shape index (κ3) is 3.23. The Labute approximate surface area is 112 Å². The van der Waals surface area contributed by atoms with E-state index in [1.807, 2.05) is 6.92 Å². The number of hydrogen-bond donors (Lipinski definition) is 1. The second-order valence-corrected chi connectivity index (χ2v) is 5.21. The maximum absolute atomic E-state index is 4.52. The minimum Gasteiger partial charge on any atom is -0.369 e. The number of aromatic nitrogens is 2. The van der Waals surface area contributed by atoms with Gasteiger partial charge in [-0.05, 0) is 38.0 Å². The average Bonchev–Trinajstić information content (AvgIpc) is 2.35. The van der Waals surface area contributed by atoms with Crippen molar-refractivity contribution in [1.29, 1.82) is 0 Å². The van der Waals surface area contributed by atoms with Crippen LogP contribution in [0.1, 0.15) is 18.1 Å². The van der Waals surface area contributed by atoms with Crippen LogP contribution in [-0.4, -0.2) is 16.5 Å². The molecule has 0 saturated heterocycles. The van der Waals surface area contributed by atoms with Gasteiger partial charge in [0.15, 0.2) is 0 Å². The van der Waals surface area contributed by atoms with Gasteiger partial charge in [0.1, 0.15) is 10.8 Å². The van der Waals surface area contributed by atoms with Crippen LogP contribution in [0.5, 0.6) is 0 Å². The number of anilines is 1. The van der Waals surface area contributed by atoms with Crippen molar-refractivity contribution in [2.45, 2.75) is 30.7 Å². The molecule has 1 heterocycles. The molecule has 3 nitrogen and oxygen atoms in total. The molecule has 0 aliphatic carbocycles. The zero-order chi connectivity index (χ0) is 13.0. The standard InChI is InChI=1S/C14H17N3S/c1-4-16-13-8-15-9-14(17-13)18-12-7-10(2)5-6-11(12)3/h5-9H,4H2,1-3H3,(H,16,17). The van der Waals surface area contributed by atoms with Crippen LogP contribution < -0.4 is 5.32 Å². The summed E-state index contributed by atoms with van der Waals surface area (Å²) in [4.78, 5) is 9.96. The Morgan fingerprint density at radius 1 is 1.22 bits per heavy atom. The quantitative estimate of drug-likeness (QED) is 0.909. The van der Waals surface area contributed by atoms with Crippen molar-refractivity contribution in [1.82, 2.24) is 9.97 Å². The molecule has 0 spiro atoms. The van der Waals surface area contributed by atoms with E-state index < -0.39 is 0 Å². The van der Waals surface area contributed by atoms with Crippen molar-refractivity contribution in [3.8, 4) is 0 Å². The van der Waals surface area contributed by atoms with Crippen LogP contribution in [-0.2, 0) is 0 Å². The lowest BCUT2D eigenvalue weighted by molar-refractivity contribution is 1.03. The third-order valence-electron chi connectivity index (χ3n) is 2.53. The van der Waals surface area contributed by atoms with Crippen molar-refractivity contribution in [3.63, 3.8) is 0 Å². The Morgan fingerprint density at radius 3 is 2.83 bits per heavy atom. The van der Waals surface area contributed by atoms with Gasteiger partial charge in [0.2, 0.25) is 0 Å². The summed E-state index contributed by atoms with van der Waals surface area (Å²) >= 11 is 1.65. The number of nitrogens with zero attached hydrogens (tertiary/aromatic N) is 2. The van der Waals surface area contributed by atoms with Gasteiger partial charge in [-0.15, -0.1) is 0 Å². The summed E-state index contributed by atoms with van der Waals surface area (Å²) < 4.78 is 0. The molecule has 2 rings (SSSR count). The Bertz CT molecular complexity index is 540. The number of benzene rings is 1. The topological polar surface area (TPSA) is 37.8 Å². The zero-order valence-corrected chi connectivity index (χ0v) is 11.7. The molecule has 1 N–H and O–H groups in total. The van der Waals surface area contributed by atoms with Gasteiger partial charge in [-0.1, -0.05) is 23.9 Å². The highest BCUT2D eigenvalue weighted by atomic mass is 32.2. The summed E-state index contributed by atoms with van der Waals surface area (Å²) in [6.07, 6.45) is 3.55. The lowest BCUT2D eigenvalue weighted by Crippen LogP contribution is -2.00. The highest BCUT2D eigenvalue weighted by Crippen LogP contribution is 2.29. The van der Waals surface area contributed by atoms with Crippen LogP contribution >= 0.6 is 11.8 Å². The van der Waals surface area contributed by atoms with Crippen LogP contribution in [0.25, 0.3) is 0 Å². The van der Waals surface area contributed by atoms with Gasteiger partial charge < -0.3 is 5.32 Å². The number of hydrogen-bond acceptors (Lipinski definition) is 4. The van der Waals surface area contributed by atoms with Gasteiger partial charge in [-0.2, -0.15) is 0 Å². The number of nitrogens with one attached hydrogen (secondary N) is 1. The molecular weight excluding hydrogens is 242 g/mol. The molecule has 0 bridgehead atoms. The first-order valence-corrected chi connectivity index (χ1v) is 6.81. The van der Waals surface area contributed by atoms with E-state index in [1.54, 1.807) is 24.2 Å². The predicted molar refractivity (Wildman–Crippen MR) is 76.2 cm³/mol. The second kappa shape index (κ2) is 5.87. The molecule has 0 fully saturated rings. The van der Waals surface area contributed by atoms with Crippen molar-refractivity contribution in [3.05, 3.63) is 41.7 Å². The van der Waals surface area contributed by atoms with Gasteiger partial charge >= 0.3 is 0 Å². The fourth-order valence-electron chi connectivity index (χ4n) is 1.59. The van der Waals surface area contributed by atoms with Crippen LogP contribution in [0.2, 0.25) is 0 Å². The van der Waals surface area contributed by atoms with Crippen molar-refractivity contribution < 1.29 is 0 Å². The Kier molecular flexibility index (Phi) is 4.20. The summed E-state index contributed by atoms with van der Waals surface area (Å²) in [6, 6.07) is 6.45. The first-order valence-electron chi connectivity index (χ1n) is 6.00. The van der Waals surface area contributed by atoms with Crippen molar-refractivity contribution >= 4 is 17.6 Å². The largest absolute Gasteiger partial charge is 0.369 e. The molecular formula is C14H17N3S. The van der Waals surface area contributed by atoms with Gasteiger partial charge in [0.05, 0.1) is 12.4 Å². The molecule has 18 heavy (non-hydrogen) atoms. The highest BCUT2D eigenvalue weighted by molar-refractivity contribution is 7.99. The first-order chi connectivity index (χ1) is 8.69. The Hall–Kier alpha value is -1.55. The molecule has 1 aromatic heterocycles. The van der Waals surface area contributed by atoms with Crippen molar-refractivity contribution in [2.75, 3.05) is 11.9 Å². The van der Waals surface area contributed by atoms with Crippen LogP contribution in [0.4, 0.5) is 5.82 Å². The summed E-state index contributed by atoms with van der Waals surface area (Å²) in [5, 5.41) is 4.09. The van der Waals surface area contributed by atoms with Crippen LogP contribution in [0, 0.1) is 13.8 Å². The molecule has 0 aliphatic heterocycles. The minimum atomic E-state index is 0.827. The van der Waals surface area contributed by atoms with E-state index in [4.69, 9.17) is 0 Å². The van der Waals surface area contributed by atoms with E-state index in [9.17, 15) is 0 Å². The summed E-state index contributed by atoms with van der Waals surface area (Å²) in [5.41, 5.74) is 2.53. The molecule has 0 radical (unpaired) electrons. The molecule has 1 aromatic carbocycles. The molecule has 4 heteroatoms. The van der Waals surface area contributed by atoms with Gasteiger partial charge in [0, 0.05) is 11.4 Å². The van der Waals surface area contributed by atoms with E-state index in [0.29, 0.717) is 0 Å². The molecule has 0 unspecified atom stereocenters. The summed E-state index contributed by atoms with van der Waals surface area (Å²) in [7, 11) is 0. The fraction of sp³-hybridized carbons (Fsp3) is 0.286. The molecule has 94 valence electrons. The van der Waals surface area contributed by atoms with Gasteiger partial charge in [-0.25, -0.2) is 4.98 Å². The lowest BCUT2D eigenvalue weighted by Gasteiger charge is -2.07. The molecule has 0 aliphatic rings. The average molecular weight is 259 g/mol. The van der Waals surface area contributed by atoms with E-state index in [0.717, 1.165) is 17.4 Å². The monoisotopic (exact) mass is 259 g/mol. The second-order valence-electron chi connectivity index (χ2n) is 4.14. The van der Waals surface area contributed by atoms with Crippen LogP contribution in [0.15, 0.2) is 40.5 Å². The number of rotatable bonds is 4. The molecule has 0 amide bonds. The zero-order valence-electron chi connectivity index (χ0n) is 10.9. The maximum atomic E-state index is 4.52. The van der Waals surface area contributed by atoms with E-state index >= 15 is 0 Å². The first kappa shape index (κ1) is 12.9. The summed E-state index contributed by atoms with van der Waals surface area (Å²) in [5.74, 6) is 0.827. The molecule has 0 saturated carbocycles. The SMILES string of the molecule is CCNc1cncc(Sc2cc(C)ccc2C)n1. The fourth-order valence-corrected chi connectivity index (χ4v) is 2.55. The number of aryl methyl sites for hydroxylation is 2. The van der Waals surface area contributed by atoms with Gasteiger partial charge in [0.25, 0.3) is 0 Å². The Balaban J connectivity index is 2.22. The maximum Gasteiger partial charge on any atom is 0.145 e. The Morgan fingerprint density at radius 2 is 2.06 bits per heavy atom. The minimum absolute atomic E-state index is 0.827. The van der Waals surface area contributed by atoms with E-state index in [2.05, 4.69) is 47.3 Å². The van der Waals surface area contributed by atoms with Crippen LogP contribution in [0.3, 0.4) is 0 Å². The van der Waals surface area contributed by atoms with Gasteiger partial charge in [-0.3, -0.25) is 4.98 Å². The normalized spacial score (nSPS) is 10.4. The third-order valence-corrected chi connectivity index (χ3v) is 3.59. The van der Waals surface area contributed by atoms with E-state index in [-0.39, 0.29) is 0 Å². The smallest absolute Gasteiger partial charge is 0.145 e. The molecule has 2 aromatic rings. The lowest BCUT2D eigenvalue weighted by atomic mass is 10.2. The van der Waals surface area contributed by atoms with Crippen molar-refractivity contribution in [2.24, 2.45) is 0 Å².